The second kappa shape index (κ2) is 6.23. The van der Waals surface area contributed by atoms with E-state index in [0.717, 1.165) is 6.42 Å². The molecule has 2 rings (SSSR count). The first-order valence-corrected chi connectivity index (χ1v) is 7.90. The molecule has 1 fully saturated rings. The molecule has 112 valence electrons. The summed E-state index contributed by atoms with van der Waals surface area (Å²) in [5.41, 5.74) is 0. The van der Waals surface area contributed by atoms with Crippen molar-refractivity contribution in [3.8, 4) is 0 Å². The lowest BCUT2D eigenvalue weighted by Crippen LogP contribution is -2.49. The Labute approximate surface area is 117 Å². The van der Waals surface area contributed by atoms with Crippen molar-refractivity contribution >= 4 is 16.1 Å². The van der Waals surface area contributed by atoms with Crippen LogP contribution in [0.1, 0.15) is 19.8 Å². The van der Waals surface area contributed by atoms with Gasteiger partial charge in [0.05, 0.1) is 12.8 Å². The van der Waals surface area contributed by atoms with E-state index in [0.29, 0.717) is 13.0 Å². The first-order valence-electron chi connectivity index (χ1n) is 6.46. The van der Waals surface area contributed by atoms with E-state index < -0.39 is 16.1 Å². The largest absolute Gasteiger partial charge is 0.450 e. The summed E-state index contributed by atoms with van der Waals surface area (Å²) in [6.07, 6.45) is 3.53. The Morgan fingerprint density at radius 2 is 2.45 bits per heavy atom. The average molecular weight is 302 g/mol. The molecule has 0 aromatic carbocycles. The Hall–Kier alpha value is -1.61. The standard InChI is InChI=1S/C11H18N4O4S/c1-2-19-11(16)14-9-4-3-5-15(8-9)20(17,18)10-6-12-13-7-10/h6-7,9H,2-5,8H2,1H3,(H,12,13)(H,14,16). The number of carbonyl (C=O) groups is 1. The molecule has 20 heavy (non-hydrogen) atoms. The number of hydrogen-bond acceptors (Lipinski definition) is 5. The molecule has 2 heterocycles. The summed E-state index contributed by atoms with van der Waals surface area (Å²) in [6, 6.07) is -0.232. The summed E-state index contributed by atoms with van der Waals surface area (Å²) in [7, 11) is -3.55. The van der Waals surface area contributed by atoms with Crippen LogP contribution in [0.3, 0.4) is 0 Å². The van der Waals surface area contributed by atoms with Crippen LogP contribution in [-0.2, 0) is 14.8 Å². The zero-order valence-corrected chi connectivity index (χ0v) is 12.0. The summed E-state index contributed by atoms with van der Waals surface area (Å²) in [4.78, 5) is 11.5. The van der Waals surface area contributed by atoms with Crippen LogP contribution in [0.25, 0.3) is 0 Å². The smallest absolute Gasteiger partial charge is 0.407 e. The van der Waals surface area contributed by atoms with Crippen LogP contribution in [-0.4, -0.2) is 54.8 Å². The molecule has 0 saturated carbocycles. The van der Waals surface area contributed by atoms with Gasteiger partial charge in [0.15, 0.2) is 0 Å². The van der Waals surface area contributed by atoms with Crippen LogP contribution in [0.15, 0.2) is 17.3 Å². The van der Waals surface area contributed by atoms with Gasteiger partial charge in [-0.1, -0.05) is 0 Å². The molecule has 1 aromatic rings. The summed E-state index contributed by atoms with van der Waals surface area (Å²) >= 11 is 0. The SMILES string of the molecule is CCOC(=O)NC1CCCN(S(=O)(=O)c2cn[nH]c2)C1. The molecule has 1 atom stereocenters. The number of alkyl carbamates (subject to hydrolysis) is 1. The zero-order chi connectivity index (χ0) is 14.6. The Balaban J connectivity index is 2.02. The van der Waals surface area contributed by atoms with Crippen molar-refractivity contribution in [3.05, 3.63) is 12.4 Å². The highest BCUT2D eigenvalue weighted by molar-refractivity contribution is 7.89. The van der Waals surface area contributed by atoms with Crippen molar-refractivity contribution in [1.82, 2.24) is 19.8 Å². The summed E-state index contributed by atoms with van der Waals surface area (Å²) < 4.78 is 30.8. The number of H-pyrrole nitrogens is 1. The fourth-order valence-corrected chi connectivity index (χ4v) is 3.58. The third-order valence-corrected chi connectivity index (χ3v) is 4.92. The lowest BCUT2D eigenvalue weighted by atomic mass is 10.1. The quantitative estimate of drug-likeness (QED) is 0.833. The van der Waals surface area contributed by atoms with Crippen LogP contribution in [0, 0.1) is 0 Å². The topological polar surface area (TPSA) is 104 Å². The van der Waals surface area contributed by atoms with Gasteiger partial charge in [0, 0.05) is 25.3 Å². The molecule has 1 aliphatic rings. The molecule has 0 radical (unpaired) electrons. The molecular formula is C11H18N4O4S. The third-order valence-electron chi connectivity index (χ3n) is 3.09. The second-order valence-electron chi connectivity index (χ2n) is 4.50. The minimum absolute atomic E-state index is 0.134. The van der Waals surface area contributed by atoms with Crippen molar-refractivity contribution in [2.75, 3.05) is 19.7 Å². The number of sulfonamides is 1. The monoisotopic (exact) mass is 302 g/mol. The van der Waals surface area contributed by atoms with Gasteiger partial charge >= 0.3 is 6.09 Å². The van der Waals surface area contributed by atoms with Gasteiger partial charge in [-0.15, -0.1) is 0 Å². The van der Waals surface area contributed by atoms with Crippen molar-refractivity contribution in [3.63, 3.8) is 0 Å². The number of aromatic nitrogens is 2. The van der Waals surface area contributed by atoms with E-state index in [9.17, 15) is 13.2 Å². The van der Waals surface area contributed by atoms with Gasteiger partial charge in [0.1, 0.15) is 4.90 Å². The Morgan fingerprint density at radius 3 is 3.10 bits per heavy atom. The lowest BCUT2D eigenvalue weighted by Gasteiger charge is -2.31. The van der Waals surface area contributed by atoms with Crippen molar-refractivity contribution < 1.29 is 17.9 Å². The van der Waals surface area contributed by atoms with Gasteiger partial charge in [-0.3, -0.25) is 5.10 Å². The van der Waals surface area contributed by atoms with E-state index in [1.165, 1.54) is 16.7 Å². The highest BCUT2D eigenvalue weighted by Gasteiger charge is 2.31. The summed E-state index contributed by atoms with van der Waals surface area (Å²) in [6.45, 7) is 2.69. The lowest BCUT2D eigenvalue weighted by molar-refractivity contribution is 0.142. The van der Waals surface area contributed by atoms with Gasteiger partial charge in [0.2, 0.25) is 10.0 Å². The minimum Gasteiger partial charge on any atom is -0.450 e. The number of rotatable bonds is 4. The Kier molecular flexibility index (Phi) is 4.61. The molecule has 0 bridgehead atoms. The second-order valence-corrected chi connectivity index (χ2v) is 6.44. The molecule has 0 aliphatic carbocycles. The van der Waals surface area contributed by atoms with Crippen LogP contribution in [0.5, 0.6) is 0 Å². The minimum atomic E-state index is -3.55. The van der Waals surface area contributed by atoms with Crippen LogP contribution in [0.4, 0.5) is 4.79 Å². The number of hydrogen-bond donors (Lipinski definition) is 2. The maximum Gasteiger partial charge on any atom is 0.407 e. The van der Waals surface area contributed by atoms with Crippen molar-refractivity contribution in [1.29, 1.82) is 0 Å². The van der Waals surface area contributed by atoms with Crippen molar-refractivity contribution in [2.24, 2.45) is 0 Å². The molecule has 9 heteroatoms. The summed E-state index contributed by atoms with van der Waals surface area (Å²) in [5.74, 6) is 0. The number of ether oxygens (including phenoxy) is 1. The van der Waals surface area contributed by atoms with E-state index in [1.807, 2.05) is 0 Å². The fraction of sp³-hybridized carbons (Fsp3) is 0.636. The molecule has 8 nitrogen and oxygen atoms in total. The molecule has 1 unspecified atom stereocenters. The first kappa shape index (κ1) is 14.8. The first-order chi connectivity index (χ1) is 9.54. The normalized spacial score (nSPS) is 20.6. The number of carbonyl (C=O) groups excluding carboxylic acids is 1. The molecule has 1 aliphatic heterocycles. The van der Waals surface area contributed by atoms with Gasteiger partial charge in [-0.25, -0.2) is 13.2 Å². The molecule has 1 amide bonds. The van der Waals surface area contributed by atoms with Gasteiger partial charge in [-0.2, -0.15) is 9.40 Å². The maximum atomic E-state index is 12.3. The average Bonchev–Trinajstić information content (AvgIpc) is 2.94. The number of piperidine rings is 1. The van der Waals surface area contributed by atoms with Gasteiger partial charge in [0.25, 0.3) is 0 Å². The Bertz CT molecular complexity index is 543. The zero-order valence-electron chi connectivity index (χ0n) is 11.2. The van der Waals surface area contributed by atoms with E-state index in [-0.39, 0.29) is 24.1 Å². The number of amides is 1. The van der Waals surface area contributed by atoms with Crippen LogP contribution >= 0.6 is 0 Å². The summed E-state index contributed by atoms with van der Waals surface area (Å²) in [5, 5.41) is 8.82. The van der Waals surface area contributed by atoms with E-state index in [4.69, 9.17) is 4.74 Å². The van der Waals surface area contributed by atoms with Crippen LogP contribution in [0.2, 0.25) is 0 Å². The van der Waals surface area contributed by atoms with E-state index in [1.54, 1.807) is 6.92 Å². The predicted molar refractivity (Wildman–Crippen MR) is 70.5 cm³/mol. The molecule has 1 saturated heterocycles. The highest BCUT2D eigenvalue weighted by Crippen LogP contribution is 2.19. The van der Waals surface area contributed by atoms with Gasteiger partial charge < -0.3 is 10.1 Å². The molecule has 1 aromatic heterocycles. The predicted octanol–water partition coefficient (Wildman–Crippen LogP) is 0.309. The van der Waals surface area contributed by atoms with E-state index in [2.05, 4.69) is 15.5 Å². The number of nitrogens with zero attached hydrogens (tertiary/aromatic N) is 2. The fourth-order valence-electron chi connectivity index (χ4n) is 2.15. The van der Waals surface area contributed by atoms with Crippen LogP contribution < -0.4 is 5.32 Å². The third kappa shape index (κ3) is 3.28. The van der Waals surface area contributed by atoms with E-state index >= 15 is 0 Å². The number of aromatic amines is 1. The number of nitrogens with one attached hydrogen (secondary N) is 2. The molecule has 2 N–H and O–H groups in total. The molecular weight excluding hydrogens is 284 g/mol. The van der Waals surface area contributed by atoms with Gasteiger partial charge in [-0.05, 0) is 19.8 Å². The Morgan fingerprint density at radius 1 is 1.65 bits per heavy atom. The van der Waals surface area contributed by atoms with Crippen molar-refractivity contribution in [2.45, 2.75) is 30.7 Å². The highest BCUT2D eigenvalue weighted by atomic mass is 32.2. The maximum absolute atomic E-state index is 12.3. The molecule has 0 spiro atoms.